The first-order valence-corrected chi connectivity index (χ1v) is 7.15. The van der Waals surface area contributed by atoms with Gasteiger partial charge >= 0.3 is 0 Å². The van der Waals surface area contributed by atoms with Gasteiger partial charge in [-0.2, -0.15) is 5.26 Å². The predicted octanol–water partition coefficient (Wildman–Crippen LogP) is 2.70. The molecule has 0 spiro atoms. The molecule has 1 aliphatic heterocycles. The van der Waals surface area contributed by atoms with Gasteiger partial charge in [0.2, 0.25) is 6.79 Å². The van der Waals surface area contributed by atoms with Crippen LogP contribution in [0.25, 0.3) is 0 Å². The summed E-state index contributed by atoms with van der Waals surface area (Å²) in [6, 6.07) is 5.64. The van der Waals surface area contributed by atoms with Crippen molar-refractivity contribution in [2.24, 2.45) is 0 Å². The molecule has 0 aromatic heterocycles. The molecule has 20 heavy (non-hydrogen) atoms. The highest BCUT2D eigenvalue weighted by Gasteiger charge is 2.43. The Kier molecular flexibility index (Phi) is 3.09. The van der Waals surface area contributed by atoms with Crippen LogP contribution in [0.2, 0.25) is 0 Å². The van der Waals surface area contributed by atoms with E-state index in [0.29, 0.717) is 21.5 Å². The van der Waals surface area contributed by atoms with Gasteiger partial charge in [0.15, 0.2) is 11.5 Å². The van der Waals surface area contributed by atoms with E-state index in [1.54, 1.807) is 24.1 Å². The minimum absolute atomic E-state index is 0.156. The summed E-state index contributed by atoms with van der Waals surface area (Å²) in [5.41, 5.74) is -0.162. The number of carbonyl (C=O) groups is 1. The van der Waals surface area contributed by atoms with E-state index in [1.165, 1.54) is 0 Å². The molecule has 5 nitrogen and oxygen atoms in total. The Morgan fingerprint density at radius 3 is 2.80 bits per heavy atom. The van der Waals surface area contributed by atoms with Crippen LogP contribution in [0, 0.1) is 11.3 Å². The number of amides is 1. The topological polar surface area (TPSA) is 62.6 Å². The minimum atomic E-state index is -0.653. The number of carbonyl (C=O) groups excluding carboxylic acids is 1. The van der Waals surface area contributed by atoms with Crippen LogP contribution >= 0.6 is 15.9 Å². The van der Waals surface area contributed by atoms with Gasteiger partial charge in [-0.1, -0.05) is 0 Å². The molecule has 1 aromatic carbocycles. The van der Waals surface area contributed by atoms with E-state index in [2.05, 4.69) is 22.0 Å². The molecule has 1 heterocycles. The zero-order chi connectivity index (χ0) is 14.3. The van der Waals surface area contributed by atoms with Crippen LogP contribution in [0.3, 0.4) is 0 Å². The predicted molar refractivity (Wildman–Crippen MR) is 74.6 cm³/mol. The van der Waals surface area contributed by atoms with Crippen LogP contribution in [0.5, 0.6) is 11.5 Å². The summed E-state index contributed by atoms with van der Waals surface area (Å²) in [6.45, 7) is 0.156. The summed E-state index contributed by atoms with van der Waals surface area (Å²) in [7, 11) is 1.68. The summed E-state index contributed by atoms with van der Waals surface area (Å²) in [5, 5.41) is 9.31. The van der Waals surface area contributed by atoms with E-state index in [4.69, 9.17) is 9.47 Å². The molecule has 1 amide bonds. The monoisotopic (exact) mass is 336 g/mol. The molecule has 3 rings (SSSR count). The molecule has 0 saturated heterocycles. The fraction of sp³-hybridized carbons (Fsp3) is 0.429. The number of halogens is 1. The van der Waals surface area contributed by atoms with Crippen molar-refractivity contribution >= 4 is 21.8 Å². The molecule has 1 aromatic rings. The van der Waals surface area contributed by atoms with Gasteiger partial charge in [0, 0.05) is 12.6 Å². The van der Waals surface area contributed by atoms with Gasteiger partial charge in [-0.05, 0) is 47.3 Å². The summed E-state index contributed by atoms with van der Waals surface area (Å²) in [5.74, 6) is 0.990. The number of nitriles is 1. The first-order chi connectivity index (χ1) is 9.57. The Morgan fingerprint density at radius 2 is 2.20 bits per heavy atom. The second-order valence-electron chi connectivity index (χ2n) is 5.05. The zero-order valence-corrected chi connectivity index (χ0v) is 12.6. The Labute approximate surface area is 125 Å². The van der Waals surface area contributed by atoms with E-state index in [-0.39, 0.29) is 12.7 Å². The number of rotatable bonds is 2. The van der Waals surface area contributed by atoms with Crippen LogP contribution in [0.4, 0.5) is 0 Å². The molecular formula is C14H13BrN2O3. The molecule has 2 aliphatic rings. The lowest BCUT2D eigenvalue weighted by Crippen LogP contribution is -2.53. The molecule has 0 unspecified atom stereocenters. The van der Waals surface area contributed by atoms with Gasteiger partial charge in [0.25, 0.3) is 5.91 Å². The third kappa shape index (κ3) is 1.85. The van der Waals surface area contributed by atoms with Crippen molar-refractivity contribution in [1.29, 1.82) is 5.26 Å². The summed E-state index contributed by atoms with van der Waals surface area (Å²) >= 11 is 3.37. The number of hydrogen-bond acceptors (Lipinski definition) is 4. The number of hydrogen-bond donors (Lipinski definition) is 0. The van der Waals surface area contributed by atoms with Gasteiger partial charge in [0.05, 0.1) is 10.5 Å². The maximum Gasteiger partial charge on any atom is 0.255 e. The van der Waals surface area contributed by atoms with Crippen molar-refractivity contribution in [1.82, 2.24) is 4.90 Å². The summed E-state index contributed by atoms with van der Waals surface area (Å²) in [6.07, 6.45) is 2.45. The molecule has 0 bridgehead atoms. The second-order valence-corrected chi connectivity index (χ2v) is 5.91. The lowest BCUT2D eigenvalue weighted by atomic mass is 9.76. The number of benzene rings is 1. The van der Waals surface area contributed by atoms with Gasteiger partial charge in [-0.15, -0.1) is 0 Å². The summed E-state index contributed by atoms with van der Waals surface area (Å²) in [4.78, 5) is 14.1. The van der Waals surface area contributed by atoms with Crippen molar-refractivity contribution in [2.45, 2.75) is 24.8 Å². The molecule has 1 fully saturated rings. The Morgan fingerprint density at radius 1 is 1.45 bits per heavy atom. The van der Waals surface area contributed by atoms with E-state index >= 15 is 0 Å². The van der Waals surface area contributed by atoms with Crippen LogP contribution in [0.15, 0.2) is 16.6 Å². The minimum Gasteiger partial charge on any atom is -0.454 e. The lowest BCUT2D eigenvalue weighted by molar-refractivity contribution is 0.0497. The fourth-order valence-corrected chi connectivity index (χ4v) is 3.07. The molecule has 0 radical (unpaired) electrons. The van der Waals surface area contributed by atoms with E-state index < -0.39 is 5.54 Å². The van der Waals surface area contributed by atoms with Gasteiger partial charge in [-0.25, -0.2) is 0 Å². The van der Waals surface area contributed by atoms with Crippen molar-refractivity contribution in [3.8, 4) is 17.6 Å². The number of nitrogens with zero attached hydrogens (tertiary/aromatic N) is 2. The smallest absolute Gasteiger partial charge is 0.255 e. The highest BCUT2D eigenvalue weighted by Crippen LogP contribution is 2.41. The molecule has 0 atom stereocenters. The first kappa shape index (κ1) is 13.3. The zero-order valence-electron chi connectivity index (χ0n) is 11.0. The maximum absolute atomic E-state index is 12.6. The molecule has 104 valence electrons. The van der Waals surface area contributed by atoms with Gasteiger partial charge in [-0.3, -0.25) is 4.79 Å². The third-order valence-electron chi connectivity index (χ3n) is 4.01. The van der Waals surface area contributed by atoms with Crippen molar-refractivity contribution < 1.29 is 14.3 Å². The van der Waals surface area contributed by atoms with E-state index in [1.807, 2.05) is 0 Å². The lowest BCUT2D eigenvalue weighted by Gasteiger charge is -2.42. The Bertz CT molecular complexity index is 620. The molecule has 6 heteroatoms. The van der Waals surface area contributed by atoms with Crippen LogP contribution in [-0.4, -0.2) is 30.2 Å². The standard InChI is InChI=1S/C14H13BrN2O3/c1-17(14(7-16)3-2-4-14)13(18)9-5-10(15)12-11(6-9)19-8-20-12/h5-6H,2-4,8H2,1H3. The van der Waals surface area contributed by atoms with Crippen LogP contribution < -0.4 is 9.47 Å². The van der Waals surface area contributed by atoms with Crippen molar-refractivity contribution in [2.75, 3.05) is 13.8 Å². The molecule has 1 saturated carbocycles. The quantitative estimate of drug-likeness (QED) is 0.832. The molecular weight excluding hydrogens is 324 g/mol. The Balaban J connectivity index is 1.92. The number of ether oxygens (including phenoxy) is 2. The third-order valence-corrected chi connectivity index (χ3v) is 4.60. The number of fused-ring (bicyclic) bond motifs is 1. The Hall–Kier alpha value is -1.74. The molecule has 0 N–H and O–H groups in total. The first-order valence-electron chi connectivity index (χ1n) is 6.36. The maximum atomic E-state index is 12.6. The molecule has 1 aliphatic carbocycles. The van der Waals surface area contributed by atoms with Gasteiger partial charge < -0.3 is 14.4 Å². The van der Waals surface area contributed by atoms with Crippen LogP contribution in [0.1, 0.15) is 29.6 Å². The van der Waals surface area contributed by atoms with Crippen molar-refractivity contribution in [3.05, 3.63) is 22.2 Å². The highest BCUT2D eigenvalue weighted by molar-refractivity contribution is 9.10. The summed E-state index contributed by atoms with van der Waals surface area (Å²) < 4.78 is 11.3. The van der Waals surface area contributed by atoms with Gasteiger partial charge in [0.1, 0.15) is 5.54 Å². The average molecular weight is 337 g/mol. The SMILES string of the molecule is CN(C(=O)c1cc(Br)c2c(c1)OCO2)C1(C#N)CCC1. The van der Waals surface area contributed by atoms with Crippen LogP contribution in [-0.2, 0) is 0 Å². The average Bonchev–Trinajstić information content (AvgIpc) is 2.85. The second kappa shape index (κ2) is 4.67. The van der Waals surface area contributed by atoms with E-state index in [9.17, 15) is 10.1 Å². The normalized spacial score (nSPS) is 18.1. The van der Waals surface area contributed by atoms with Crippen molar-refractivity contribution in [3.63, 3.8) is 0 Å². The fourth-order valence-electron chi connectivity index (χ4n) is 2.51. The largest absolute Gasteiger partial charge is 0.454 e. The highest BCUT2D eigenvalue weighted by atomic mass is 79.9. The van der Waals surface area contributed by atoms with E-state index in [0.717, 1.165) is 19.3 Å².